The molecule has 0 unspecified atom stereocenters. The van der Waals surface area contributed by atoms with Crippen LogP contribution in [0.1, 0.15) is 23.3 Å². The highest BCUT2D eigenvalue weighted by Gasteiger charge is 2.35. The van der Waals surface area contributed by atoms with Crippen LogP contribution in [0.2, 0.25) is 0 Å². The second-order valence-electron chi connectivity index (χ2n) is 5.01. The van der Waals surface area contributed by atoms with Gasteiger partial charge in [0.1, 0.15) is 22.6 Å². The molecule has 7 heteroatoms. The molecule has 1 aromatic carbocycles. The lowest BCUT2D eigenvalue weighted by molar-refractivity contribution is -0.141. The van der Waals surface area contributed by atoms with Crippen molar-refractivity contribution in [1.29, 1.82) is 0 Å². The standard InChI is InChI=1S/C15H13FN2O3S/c16-10-5-2-1-4-9(10)13-17-11(8-22-13)14(19)18-7-3-6-12(18)15(20)21/h1-2,4-5,8,12H,3,6-7H2,(H,20,21)/t12-/m0/s1. The van der Waals surface area contributed by atoms with E-state index < -0.39 is 23.7 Å². The molecular weight excluding hydrogens is 307 g/mol. The highest BCUT2D eigenvalue weighted by atomic mass is 32.1. The third-order valence-corrected chi connectivity index (χ3v) is 4.50. The predicted molar refractivity (Wildman–Crippen MR) is 79.2 cm³/mol. The zero-order valence-electron chi connectivity index (χ0n) is 11.5. The molecule has 1 fully saturated rings. The number of likely N-dealkylation sites (tertiary alicyclic amines) is 1. The first-order valence-electron chi connectivity index (χ1n) is 6.82. The minimum absolute atomic E-state index is 0.163. The summed E-state index contributed by atoms with van der Waals surface area (Å²) in [7, 11) is 0. The molecule has 3 rings (SSSR count). The number of aliphatic carboxylic acids is 1. The van der Waals surface area contributed by atoms with Gasteiger partial charge in [0.15, 0.2) is 0 Å². The van der Waals surface area contributed by atoms with Gasteiger partial charge in [-0.2, -0.15) is 0 Å². The van der Waals surface area contributed by atoms with Crippen LogP contribution in [-0.4, -0.2) is 39.5 Å². The van der Waals surface area contributed by atoms with Crippen molar-refractivity contribution in [2.45, 2.75) is 18.9 Å². The van der Waals surface area contributed by atoms with Crippen molar-refractivity contribution in [1.82, 2.24) is 9.88 Å². The molecule has 1 amide bonds. The average Bonchev–Trinajstić information content (AvgIpc) is 3.16. The van der Waals surface area contributed by atoms with Crippen LogP contribution in [-0.2, 0) is 4.79 Å². The van der Waals surface area contributed by atoms with Crippen molar-refractivity contribution in [3.63, 3.8) is 0 Å². The van der Waals surface area contributed by atoms with Gasteiger partial charge in [-0.25, -0.2) is 14.2 Å². The van der Waals surface area contributed by atoms with Crippen molar-refractivity contribution in [3.8, 4) is 10.6 Å². The maximum atomic E-state index is 13.7. The molecule has 114 valence electrons. The van der Waals surface area contributed by atoms with Crippen LogP contribution in [0.3, 0.4) is 0 Å². The third-order valence-electron chi connectivity index (χ3n) is 3.63. The molecule has 0 saturated carbocycles. The minimum atomic E-state index is -1.00. The van der Waals surface area contributed by atoms with Crippen LogP contribution >= 0.6 is 11.3 Å². The topological polar surface area (TPSA) is 70.5 Å². The van der Waals surface area contributed by atoms with E-state index in [1.165, 1.54) is 22.3 Å². The zero-order valence-corrected chi connectivity index (χ0v) is 12.3. The molecule has 1 aliphatic rings. The van der Waals surface area contributed by atoms with Gasteiger partial charge in [-0.3, -0.25) is 4.79 Å². The molecule has 0 bridgehead atoms. The summed E-state index contributed by atoms with van der Waals surface area (Å²) in [4.78, 5) is 29.1. The second-order valence-corrected chi connectivity index (χ2v) is 5.87. The fourth-order valence-corrected chi connectivity index (χ4v) is 3.36. The zero-order chi connectivity index (χ0) is 15.7. The van der Waals surface area contributed by atoms with Crippen LogP contribution < -0.4 is 0 Å². The summed E-state index contributed by atoms with van der Waals surface area (Å²) in [5.41, 5.74) is 0.499. The Morgan fingerprint density at radius 3 is 2.86 bits per heavy atom. The molecule has 1 aliphatic heterocycles. The number of carboxylic acid groups (broad SMARTS) is 1. The first kappa shape index (κ1) is 14.6. The van der Waals surface area contributed by atoms with Crippen molar-refractivity contribution < 1.29 is 19.1 Å². The van der Waals surface area contributed by atoms with E-state index in [-0.39, 0.29) is 5.69 Å². The van der Waals surface area contributed by atoms with E-state index in [2.05, 4.69) is 4.98 Å². The summed E-state index contributed by atoms with van der Waals surface area (Å²) in [5, 5.41) is 11.1. The monoisotopic (exact) mass is 320 g/mol. The van der Waals surface area contributed by atoms with Crippen molar-refractivity contribution in [2.75, 3.05) is 6.54 Å². The number of halogens is 1. The van der Waals surface area contributed by atoms with Crippen molar-refractivity contribution in [2.24, 2.45) is 0 Å². The Labute approximate surface area is 130 Å². The maximum Gasteiger partial charge on any atom is 0.326 e. The first-order chi connectivity index (χ1) is 10.6. The quantitative estimate of drug-likeness (QED) is 0.944. The molecule has 1 atom stereocenters. The average molecular weight is 320 g/mol. The summed E-state index contributed by atoms with van der Waals surface area (Å²) in [5.74, 6) is -1.82. The number of aromatic nitrogens is 1. The Morgan fingerprint density at radius 2 is 2.14 bits per heavy atom. The molecule has 22 heavy (non-hydrogen) atoms. The van der Waals surface area contributed by atoms with Crippen LogP contribution in [0.5, 0.6) is 0 Å². The number of carboxylic acids is 1. The van der Waals surface area contributed by atoms with E-state index in [4.69, 9.17) is 5.11 Å². The highest BCUT2D eigenvalue weighted by Crippen LogP contribution is 2.28. The Morgan fingerprint density at radius 1 is 1.36 bits per heavy atom. The predicted octanol–water partition coefficient (Wildman–Crippen LogP) is 2.64. The normalized spacial score (nSPS) is 17.7. The number of carbonyl (C=O) groups is 2. The smallest absolute Gasteiger partial charge is 0.326 e. The SMILES string of the molecule is O=C(O)[C@@H]1CCCN1C(=O)c1csc(-c2ccccc2F)n1. The van der Waals surface area contributed by atoms with E-state index in [9.17, 15) is 14.0 Å². The van der Waals surface area contributed by atoms with Crippen molar-refractivity contribution in [3.05, 3.63) is 41.2 Å². The van der Waals surface area contributed by atoms with Gasteiger partial charge in [0.25, 0.3) is 5.91 Å². The molecular formula is C15H13FN2O3S. The Hall–Kier alpha value is -2.28. The number of hydrogen-bond donors (Lipinski definition) is 1. The van der Waals surface area contributed by atoms with E-state index in [0.29, 0.717) is 30.0 Å². The van der Waals surface area contributed by atoms with Gasteiger partial charge in [-0.05, 0) is 25.0 Å². The number of rotatable bonds is 3. The summed E-state index contributed by atoms with van der Waals surface area (Å²) in [6.45, 7) is 0.405. The minimum Gasteiger partial charge on any atom is -0.480 e. The summed E-state index contributed by atoms with van der Waals surface area (Å²) >= 11 is 1.17. The molecule has 0 radical (unpaired) electrons. The van der Waals surface area contributed by atoms with E-state index in [1.807, 2.05) is 0 Å². The highest BCUT2D eigenvalue weighted by molar-refractivity contribution is 7.13. The Balaban J connectivity index is 1.86. The largest absolute Gasteiger partial charge is 0.480 e. The Kier molecular flexibility index (Phi) is 3.89. The molecule has 1 saturated heterocycles. The maximum absolute atomic E-state index is 13.7. The van der Waals surface area contributed by atoms with Gasteiger partial charge in [-0.15, -0.1) is 11.3 Å². The number of thiazole rings is 1. The molecule has 2 aromatic rings. The molecule has 5 nitrogen and oxygen atoms in total. The number of amides is 1. The van der Waals surface area contributed by atoms with E-state index >= 15 is 0 Å². The van der Waals surface area contributed by atoms with Gasteiger partial charge in [0.2, 0.25) is 0 Å². The van der Waals surface area contributed by atoms with Crippen LogP contribution in [0.4, 0.5) is 4.39 Å². The molecule has 0 spiro atoms. The number of benzene rings is 1. The van der Waals surface area contributed by atoms with Gasteiger partial charge in [-0.1, -0.05) is 12.1 Å². The molecule has 1 aromatic heterocycles. The number of hydrogen-bond acceptors (Lipinski definition) is 4. The van der Waals surface area contributed by atoms with Crippen LogP contribution in [0.25, 0.3) is 10.6 Å². The summed E-state index contributed by atoms with van der Waals surface area (Å²) in [6, 6.07) is 5.41. The lowest BCUT2D eigenvalue weighted by Gasteiger charge is -2.20. The number of nitrogens with zero attached hydrogens (tertiary/aromatic N) is 2. The molecule has 0 aliphatic carbocycles. The molecule has 2 heterocycles. The summed E-state index contributed by atoms with van der Waals surface area (Å²) in [6.07, 6.45) is 1.11. The molecule has 1 N–H and O–H groups in total. The third kappa shape index (κ3) is 2.59. The lowest BCUT2D eigenvalue weighted by atomic mass is 10.2. The first-order valence-corrected chi connectivity index (χ1v) is 7.70. The van der Waals surface area contributed by atoms with Crippen molar-refractivity contribution >= 4 is 23.2 Å². The van der Waals surface area contributed by atoms with Gasteiger partial charge < -0.3 is 10.0 Å². The van der Waals surface area contributed by atoms with E-state index in [1.54, 1.807) is 23.6 Å². The van der Waals surface area contributed by atoms with Gasteiger partial charge in [0.05, 0.1) is 0 Å². The lowest BCUT2D eigenvalue weighted by Crippen LogP contribution is -2.40. The fourth-order valence-electron chi connectivity index (χ4n) is 2.54. The van der Waals surface area contributed by atoms with Gasteiger partial charge >= 0.3 is 5.97 Å². The second kappa shape index (κ2) is 5.84. The van der Waals surface area contributed by atoms with Crippen LogP contribution in [0, 0.1) is 5.82 Å². The van der Waals surface area contributed by atoms with E-state index in [0.717, 1.165) is 0 Å². The fraction of sp³-hybridized carbons (Fsp3) is 0.267. The summed E-state index contributed by atoms with van der Waals surface area (Å²) < 4.78 is 13.7. The van der Waals surface area contributed by atoms with Gasteiger partial charge in [0, 0.05) is 17.5 Å². The van der Waals surface area contributed by atoms with Crippen LogP contribution in [0.15, 0.2) is 29.6 Å². The Bertz CT molecular complexity index is 731. The number of carbonyl (C=O) groups excluding carboxylic acids is 1.